The Morgan fingerprint density at radius 3 is 1.27 bits per heavy atom. The maximum absolute atomic E-state index is 12.9. The first-order chi connectivity index (χ1) is 23.9. The van der Waals surface area contributed by atoms with Gasteiger partial charge in [0.2, 0.25) is 0 Å². The van der Waals surface area contributed by atoms with E-state index in [0.29, 0.717) is 34.0 Å². The summed E-state index contributed by atoms with van der Waals surface area (Å²) < 4.78 is 81.9. The van der Waals surface area contributed by atoms with Crippen LogP contribution in [-0.2, 0) is 20.2 Å². The summed E-state index contributed by atoms with van der Waals surface area (Å²) in [6.45, 7) is 12.1. The molecule has 0 atom stereocenters. The number of anilines is 4. The van der Waals surface area contributed by atoms with Gasteiger partial charge in [-0.2, -0.15) is 16.8 Å². The van der Waals surface area contributed by atoms with Gasteiger partial charge in [-0.25, -0.2) is 0 Å². The first-order valence-corrected chi connectivity index (χ1v) is 18.9. The van der Waals surface area contributed by atoms with Crippen molar-refractivity contribution in [3.8, 4) is 11.5 Å². The molecule has 5 aromatic carbocycles. The Kier molecular flexibility index (Phi) is 10.5. The molecule has 5 aromatic rings. The van der Waals surface area contributed by atoms with Gasteiger partial charge in [-0.3, -0.25) is 9.11 Å². The van der Waals surface area contributed by atoms with E-state index in [2.05, 4.69) is 34.9 Å². The van der Waals surface area contributed by atoms with Crippen molar-refractivity contribution in [2.45, 2.75) is 57.3 Å². The number of rotatable bonds is 11. The standard InChI is InChI=1S/C39H42N2O8S2/c1-22-15-24(3)38(25(4)16-22)40-28-9-12-31(34(19-28)48-7)37(33-14-11-30(50(42,43)44)21-36(33)51(45,46)47)32-13-10-29(20-35(32)49-8)41-39-26(5)17-23(2)18-27(39)6/h9-21,37,40-41H,1-8H3,(H,42,43,44)(H,45,46,47). The quantitative estimate of drug-likeness (QED) is 0.0767. The van der Waals surface area contributed by atoms with E-state index in [-0.39, 0.29) is 5.56 Å². The van der Waals surface area contributed by atoms with Gasteiger partial charge in [-0.15, -0.1) is 0 Å². The highest BCUT2D eigenvalue weighted by Gasteiger charge is 2.31. The number of hydrogen-bond acceptors (Lipinski definition) is 8. The van der Waals surface area contributed by atoms with E-state index < -0.39 is 35.9 Å². The zero-order valence-electron chi connectivity index (χ0n) is 29.7. The largest absolute Gasteiger partial charge is 0.496 e. The SMILES string of the molecule is COc1cc(Nc2c(C)cc(C)cc2C)ccc1C(c1ccc(Nc2c(C)cc(C)cc2C)cc1OC)c1ccc(S(=O)(=O)O)cc1S(=O)(=O)O. The second-order valence-electron chi connectivity index (χ2n) is 12.8. The maximum atomic E-state index is 12.9. The first kappa shape index (κ1) is 37.4. The number of methoxy groups -OCH3 is 2. The predicted octanol–water partition coefficient (Wildman–Crippen LogP) is 8.72. The molecule has 12 heteroatoms. The molecule has 0 bridgehead atoms. The zero-order valence-corrected chi connectivity index (χ0v) is 31.4. The molecule has 0 aliphatic carbocycles. The molecule has 0 aromatic heterocycles. The van der Waals surface area contributed by atoms with Crippen LogP contribution < -0.4 is 20.1 Å². The molecule has 0 spiro atoms. The molecule has 268 valence electrons. The Bertz CT molecular complexity index is 2210. The van der Waals surface area contributed by atoms with Gasteiger partial charge < -0.3 is 20.1 Å². The number of aryl methyl sites for hydroxylation is 6. The van der Waals surface area contributed by atoms with Crippen LogP contribution in [0.3, 0.4) is 0 Å². The van der Waals surface area contributed by atoms with Crippen molar-refractivity contribution in [1.82, 2.24) is 0 Å². The molecular formula is C39H42N2O8S2. The lowest BCUT2D eigenvalue weighted by atomic mass is 9.83. The zero-order chi connectivity index (χ0) is 37.4. The number of benzene rings is 5. The average Bonchev–Trinajstić information content (AvgIpc) is 3.04. The van der Waals surface area contributed by atoms with E-state index in [4.69, 9.17) is 9.47 Å². The summed E-state index contributed by atoms with van der Waals surface area (Å²) in [5.41, 5.74) is 10.8. The van der Waals surface area contributed by atoms with Gasteiger partial charge in [-0.1, -0.05) is 53.6 Å². The summed E-state index contributed by atoms with van der Waals surface area (Å²) in [6, 6.07) is 22.2. The summed E-state index contributed by atoms with van der Waals surface area (Å²) in [4.78, 5) is -1.39. The van der Waals surface area contributed by atoms with Crippen molar-refractivity contribution in [1.29, 1.82) is 0 Å². The van der Waals surface area contributed by atoms with E-state index >= 15 is 0 Å². The summed E-state index contributed by atoms with van der Waals surface area (Å²) >= 11 is 0. The van der Waals surface area contributed by atoms with E-state index in [9.17, 15) is 25.9 Å². The molecule has 4 N–H and O–H groups in total. The van der Waals surface area contributed by atoms with E-state index in [1.54, 1.807) is 24.3 Å². The Labute approximate surface area is 300 Å². The molecule has 0 aliphatic heterocycles. The Morgan fingerprint density at radius 1 is 0.529 bits per heavy atom. The molecule has 5 rings (SSSR count). The van der Waals surface area contributed by atoms with Crippen molar-refractivity contribution in [2.75, 3.05) is 24.9 Å². The molecule has 0 unspecified atom stereocenters. The summed E-state index contributed by atoms with van der Waals surface area (Å²) in [6.07, 6.45) is 0. The first-order valence-electron chi connectivity index (χ1n) is 16.1. The Hall–Kier alpha value is -4.88. The van der Waals surface area contributed by atoms with Crippen molar-refractivity contribution >= 4 is 43.0 Å². The Balaban J connectivity index is 1.73. The topological polar surface area (TPSA) is 151 Å². The highest BCUT2D eigenvalue weighted by atomic mass is 32.2. The second-order valence-corrected chi connectivity index (χ2v) is 15.6. The van der Waals surface area contributed by atoms with Gasteiger partial charge in [-0.05, 0) is 93.6 Å². The third-order valence-corrected chi connectivity index (χ3v) is 10.6. The summed E-state index contributed by atoms with van der Waals surface area (Å²) in [5, 5.41) is 6.94. The molecule has 0 radical (unpaired) electrons. The molecule has 0 fully saturated rings. The summed E-state index contributed by atoms with van der Waals surface area (Å²) in [7, 11) is -6.86. The highest BCUT2D eigenvalue weighted by molar-refractivity contribution is 7.86. The molecule has 0 heterocycles. The molecule has 0 saturated heterocycles. The van der Waals surface area contributed by atoms with Gasteiger partial charge in [0.1, 0.15) is 11.5 Å². The van der Waals surface area contributed by atoms with Crippen LogP contribution in [0.25, 0.3) is 0 Å². The fourth-order valence-corrected chi connectivity index (χ4v) is 8.08. The van der Waals surface area contributed by atoms with E-state index in [1.165, 1.54) is 20.3 Å². The van der Waals surface area contributed by atoms with Gasteiger partial charge in [0.25, 0.3) is 20.2 Å². The maximum Gasteiger partial charge on any atom is 0.294 e. The monoisotopic (exact) mass is 730 g/mol. The van der Waals surface area contributed by atoms with Crippen LogP contribution in [-0.4, -0.2) is 40.2 Å². The average molecular weight is 731 g/mol. The number of hydrogen-bond donors (Lipinski definition) is 4. The van der Waals surface area contributed by atoms with Crippen LogP contribution in [0.1, 0.15) is 56.0 Å². The van der Waals surface area contributed by atoms with Crippen LogP contribution in [0.2, 0.25) is 0 Å². The lowest BCUT2D eigenvalue weighted by molar-refractivity contribution is 0.402. The van der Waals surface area contributed by atoms with Crippen LogP contribution in [0.5, 0.6) is 11.5 Å². The molecule has 51 heavy (non-hydrogen) atoms. The van der Waals surface area contributed by atoms with Gasteiger partial charge in [0.15, 0.2) is 0 Å². The van der Waals surface area contributed by atoms with Gasteiger partial charge in [0.05, 0.1) is 24.0 Å². The minimum absolute atomic E-state index is 0.0263. The normalized spacial score (nSPS) is 11.8. The number of nitrogens with one attached hydrogen (secondary N) is 2. The second kappa shape index (κ2) is 14.4. The molecular weight excluding hydrogens is 689 g/mol. The van der Waals surface area contributed by atoms with Crippen LogP contribution >= 0.6 is 0 Å². The minimum atomic E-state index is -5.02. The van der Waals surface area contributed by atoms with E-state index in [0.717, 1.165) is 56.9 Å². The van der Waals surface area contributed by atoms with Crippen molar-refractivity contribution < 1.29 is 35.4 Å². The predicted molar refractivity (Wildman–Crippen MR) is 201 cm³/mol. The molecule has 0 saturated carbocycles. The third-order valence-electron chi connectivity index (χ3n) is 8.85. The van der Waals surface area contributed by atoms with E-state index in [1.807, 2.05) is 53.7 Å². The van der Waals surface area contributed by atoms with Crippen LogP contribution in [0.15, 0.2) is 88.7 Å². The summed E-state index contributed by atoms with van der Waals surface area (Å²) in [5.74, 6) is -0.221. The fraction of sp³-hybridized carbons (Fsp3) is 0.231. The smallest absolute Gasteiger partial charge is 0.294 e. The van der Waals surface area contributed by atoms with Gasteiger partial charge in [0, 0.05) is 51.9 Å². The van der Waals surface area contributed by atoms with Crippen molar-refractivity contribution in [3.63, 3.8) is 0 Å². The van der Waals surface area contributed by atoms with Crippen molar-refractivity contribution in [3.05, 3.63) is 129 Å². The minimum Gasteiger partial charge on any atom is -0.496 e. The fourth-order valence-electron chi connectivity index (χ4n) is 6.74. The van der Waals surface area contributed by atoms with Crippen molar-refractivity contribution in [2.24, 2.45) is 0 Å². The third kappa shape index (κ3) is 8.04. The molecule has 10 nitrogen and oxygen atoms in total. The highest BCUT2D eigenvalue weighted by Crippen LogP contribution is 2.45. The number of ether oxygens (including phenoxy) is 2. The van der Waals surface area contributed by atoms with Crippen LogP contribution in [0, 0.1) is 41.5 Å². The van der Waals surface area contributed by atoms with Gasteiger partial charge >= 0.3 is 0 Å². The lowest BCUT2D eigenvalue weighted by Crippen LogP contribution is -2.14. The molecule has 0 aliphatic rings. The lowest BCUT2D eigenvalue weighted by Gasteiger charge is -2.26. The Morgan fingerprint density at radius 2 is 0.922 bits per heavy atom. The molecule has 0 amide bonds. The van der Waals surface area contributed by atoms with Crippen LogP contribution in [0.4, 0.5) is 22.7 Å².